The van der Waals surface area contributed by atoms with Crippen LogP contribution in [-0.2, 0) is 9.53 Å². The van der Waals surface area contributed by atoms with Crippen LogP contribution in [0.15, 0.2) is 94.4 Å². The number of amides is 1. The number of esters is 1. The fourth-order valence-electron chi connectivity index (χ4n) is 3.38. The summed E-state index contributed by atoms with van der Waals surface area (Å²) < 4.78 is 35.3. The molecule has 1 amide bonds. The van der Waals surface area contributed by atoms with Crippen molar-refractivity contribution in [1.29, 1.82) is 0 Å². The Hall–Kier alpha value is -4.09. The third-order valence-electron chi connectivity index (χ3n) is 5.13. The fraction of sp³-hybridized carbons (Fsp3) is 0.0741. The van der Waals surface area contributed by atoms with Crippen molar-refractivity contribution < 1.29 is 27.8 Å². The van der Waals surface area contributed by atoms with Crippen molar-refractivity contribution in [1.82, 2.24) is 4.98 Å². The molecule has 11 heteroatoms. The number of rotatable bonds is 9. The maximum atomic E-state index is 12.8. The molecule has 0 aliphatic heterocycles. The molecule has 0 saturated carbocycles. The zero-order valence-corrected chi connectivity index (χ0v) is 21.7. The minimum absolute atomic E-state index is 0.0307. The molecule has 38 heavy (non-hydrogen) atoms. The quantitative estimate of drug-likeness (QED) is 0.129. The Morgan fingerprint density at radius 3 is 2.47 bits per heavy atom. The second kappa shape index (κ2) is 12.0. The Morgan fingerprint density at radius 2 is 1.76 bits per heavy atom. The zero-order valence-electron chi connectivity index (χ0n) is 20.1. The molecule has 4 N–H and O–H groups in total. The van der Waals surface area contributed by atoms with Gasteiger partial charge in [0.2, 0.25) is 0 Å². The van der Waals surface area contributed by atoms with Crippen molar-refractivity contribution in [3.05, 3.63) is 102 Å². The summed E-state index contributed by atoms with van der Waals surface area (Å²) >= 11 is 5.93. The lowest BCUT2D eigenvalue weighted by atomic mass is 10.2. The molecule has 1 aromatic heterocycles. The molecule has 3 aromatic carbocycles. The monoisotopic (exact) mass is 553 g/mol. The van der Waals surface area contributed by atoms with Crippen molar-refractivity contribution in [2.45, 2.75) is 11.8 Å². The summed E-state index contributed by atoms with van der Waals surface area (Å²) in [6.07, 6.45) is 4.03. The Kier molecular flexibility index (Phi) is 8.49. The molecule has 0 spiro atoms. The fourth-order valence-corrected chi connectivity index (χ4v) is 4.84. The van der Waals surface area contributed by atoms with E-state index in [0.717, 1.165) is 5.56 Å². The molecule has 0 bridgehead atoms. The predicted octanol–water partition coefficient (Wildman–Crippen LogP) is 6.96. The third-order valence-corrected chi connectivity index (χ3v) is 6.87. The van der Waals surface area contributed by atoms with Crippen LogP contribution in [0, 0.1) is 0 Å². The first-order valence-corrected chi connectivity index (χ1v) is 13.3. The lowest BCUT2D eigenvalue weighted by molar-refractivity contribution is -0.137. The number of carbonyl (C=O) groups is 2. The van der Waals surface area contributed by atoms with Gasteiger partial charge >= 0.3 is 11.9 Å². The highest BCUT2D eigenvalue weighted by atomic mass is 35.5. The molecule has 0 radical (unpaired) electrons. The van der Waals surface area contributed by atoms with Gasteiger partial charge in [-0.25, -0.2) is 9.78 Å². The second-order valence-corrected chi connectivity index (χ2v) is 10.0. The Balaban J connectivity index is 1.62. The summed E-state index contributed by atoms with van der Waals surface area (Å²) in [5.41, 5.74) is 1.73. The van der Waals surface area contributed by atoms with Crippen molar-refractivity contribution >= 4 is 51.7 Å². The van der Waals surface area contributed by atoms with Crippen LogP contribution in [0.4, 0.5) is 11.4 Å². The Labute approximate surface area is 225 Å². The Bertz CT molecular complexity index is 1460. The number of nitrogens with one attached hydrogen (secondary N) is 2. The SMILES string of the molecule is CCOC(=O)/C=C/c1ccc(NC(=O)c2ncc(-c3ccccc3)o2)cc1S(O)(O)Nc1ccc(Cl)cc1. The number of halogens is 1. The van der Waals surface area contributed by atoms with E-state index < -0.39 is 22.7 Å². The van der Waals surface area contributed by atoms with Crippen molar-refractivity contribution in [2.24, 2.45) is 0 Å². The van der Waals surface area contributed by atoms with E-state index in [0.29, 0.717) is 22.0 Å². The van der Waals surface area contributed by atoms with Gasteiger partial charge in [0.05, 0.1) is 23.4 Å². The molecule has 9 nitrogen and oxygen atoms in total. The van der Waals surface area contributed by atoms with Gasteiger partial charge in [0.25, 0.3) is 5.89 Å². The van der Waals surface area contributed by atoms with E-state index in [1.807, 2.05) is 30.3 Å². The lowest BCUT2D eigenvalue weighted by Gasteiger charge is -2.35. The first-order chi connectivity index (χ1) is 18.2. The van der Waals surface area contributed by atoms with Gasteiger partial charge in [0.1, 0.15) is 0 Å². The number of ether oxygens (including phenoxy) is 1. The standard InChI is InChI=1S/C27H24ClN3O6S/c1-2-36-25(32)15-9-19-8-12-22(16-24(19)38(34,35)31-21-13-10-20(28)11-14-21)30-26(33)27-29-17-23(37-27)18-6-4-3-5-7-18/h3-17,31,34-35H,2H2,1H3,(H,30,33)/b15-9+. The van der Waals surface area contributed by atoms with Crippen LogP contribution in [0.2, 0.25) is 5.02 Å². The number of carbonyl (C=O) groups excluding carboxylic acids is 2. The minimum atomic E-state index is -3.66. The largest absolute Gasteiger partial charge is 0.463 e. The second-order valence-electron chi connectivity index (χ2n) is 7.85. The number of hydrogen-bond donors (Lipinski definition) is 4. The number of benzene rings is 3. The van der Waals surface area contributed by atoms with E-state index >= 15 is 0 Å². The molecule has 0 aliphatic rings. The highest BCUT2D eigenvalue weighted by Crippen LogP contribution is 2.50. The summed E-state index contributed by atoms with van der Waals surface area (Å²) in [6.45, 7) is 1.87. The first kappa shape index (κ1) is 27.0. The van der Waals surface area contributed by atoms with Crippen LogP contribution in [0.25, 0.3) is 17.4 Å². The molecule has 0 saturated heterocycles. The van der Waals surface area contributed by atoms with E-state index in [1.165, 1.54) is 30.5 Å². The molecule has 0 aliphatic carbocycles. The summed E-state index contributed by atoms with van der Waals surface area (Å²) in [4.78, 5) is 28.7. The number of anilines is 2. The topological polar surface area (TPSA) is 134 Å². The summed E-state index contributed by atoms with van der Waals surface area (Å²) in [5.74, 6) is -0.953. The molecular weight excluding hydrogens is 530 g/mol. The maximum absolute atomic E-state index is 12.8. The van der Waals surface area contributed by atoms with Gasteiger partial charge in [-0.05, 0) is 55.0 Å². The van der Waals surface area contributed by atoms with E-state index in [9.17, 15) is 18.7 Å². The molecule has 0 unspecified atom stereocenters. The van der Waals surface area contributed by atoms with Gasteiger partial charge in [-0.2, -0.15) is 0 Å². The maximum Gasteiger partial charge on any atom is 0.330 e. The average molecular weight is 554 g/mol. The van der Waals surface area contributed by atoms with E-state index in [4.69, 9.17) is 20.8 Å². The molecule has 1 heterocycles. The molecular formula is C27H24ClN3O6S. The van der Waals surface area contributed by atoms with Gasteiger partial charge in [0.15, 0.2) is 5.76 Å². The predicted molar refractivity (Wildman–Crippen MR) is 148 cm³/mol. The van der Waals surface area contributed by atoms with Crippen molar-refractivity contribution in [3.63, 3.8) is 0 Å². The zero-order chi connectivity index (χ0) is 27.1. The van der Waals surface area contributed by atoms with Gasteiger partial charge in [-0.3, -0.25) is 18.6 Å². The minimum Gasteiger partial charge on any atom is -0.463 e. The molecule has 196 valence electrons. The molecule has 4 rings (SSSR count). The van der Waals surface area contributed by atoms with Crippen LogP contribution < -0.4 is 10.0 Å². The van der Waals surface area contributed by atoms with Crippen LogP contribution in [-0.4, -0.2) is 32.6 Å². The Morgan fingerprint density at radius 1 is 1.05 bits per heavy atom. The van der Waals surface area contributed by atoms with Gasteiger partial charge in [0, 0.05) is 22.3 Å². The van der Waals surface area contributed by atoms with Crippen molar-refractivity contribution in [3.8, 4) is 11.3 Å². The van der Waals surface area contributed by atoms with Gasteiger partial charge < -0.3 is 14.5 Å². The third kappa shape index (κ3) is 6.81. The number of aromatic nitrogens is 1. The normalized spacial score (nSPS) is 11.8. The lowest BCUT2D eigenvalue weighted by Crippen LogP contribution is -2.14. The number of hydrogen-bond acceptors (Lipinski definition) is 8. The highest BCUT2D eigenvalue weighted by molar-refractivity contribution is 8.25. The van der Waals surface area contributed by atoms with Gasteiger partial charge in [-0.1, -0.05) is 58.8 Å². The van der Waals surface area contributed by atoms with Crippen LogP contribution in [0.5, 0.6) is 0 Å². The first-order valence-electron chi connectivity index (χ1n) is 11.4. The summed E-state index contributed by atoms with van der Waals surface area (Å²) in [6, 6.07) is 20.0. The van der Waals surface area contributed by atoms with E-state index in [2.05, 4.69) is 15.0 Å². The number of oxazole rings is 1. The van der Waals surface area contributed by atoms with E-state index in [-0.39, 0.29) is 23.1 Å². The smallest absolute Gasteiger partial charge is 0.330 e. The van der Waals surface area contributed by atoms with Crippen LogP contribution >= 0.6 is 22.4 Å². The average Bonchev–Trinajstić information content (AvgIpc) is 3.40. The molecule has 0 fully saturated rings. The summed E-state index contributed by atoms with van der Waals surface area (Å²) in [7, 11) is -3.66. The molecule has 4 aromatic rings. The summed E-state index contributed by atoms with van der Waals surface area (Å²) in [5, 5.41) is 3.14. The van der Waals surface area contributed by atoms with Crippen molar-refractivity contribution in [2.75, 3.05) is 16.6 Å². The number of nitrogens with zero attached hydrogens (tertiary/aromatic N) is 1. The molecule has 0 atom stereocenters. The van der Waals surface area contributed by atoms with Crippen LogP contribution in [0.1, 0.15) is 23.2 Å². The highest BCUT2D eigenvalue weighted by Gasteiger charge is 2.22. The van der Waals surface area contributed by atoms with Gasteiger partial charge in [-0.15, -0.1) is 0 Å². The van der Waals surface area contributed by atoms with E-state index in [1.54, 1.807) is 37.3 Å². The van der Waals surface area contributed by atoms with Crippen LogP contribution in [0.3, 0.4) is 0 Å².